The summed E-state index contributed by atoms with van der Waals surface area (Å²) in [6, 6.07) is 13.4. The molecule has 11 heteroatoms. The van der Waals surface area contributed by atoms with Crippen molar-refractivity contribution in [1.82, 2.24) is 10.3 Å². The first-order chi connectivity index (χ1) is 15.6. The molecule has 2 N–H and O–H groups in total. The highest BCUT2D eigenvalue weighted by atomic mass is 32.1. The number of methoxy groups -OCH3 is 1. The second-order valence-corrected chi connectivity index (χ2v) is 8.45. The molecule has 7 nitrogen and oxygen atoms in total. The Labute approximate surface area is 191 Å². The van der Waals surface area contributed by atoms with E-state index in [2.05, 4.69) is 15.0 Å². The van der Waals surface area contributed by atoms with Crippen molar-refractivity contribution in [3.8, 4) is 5.75 Å². The number of anilines is 1. The number of para-hydroxylation sites is 1. The number of carbonyl (C=O) groups is 2. The van der Waals surface area contributed by atoms with E-state index < -0.39 is 30.3 Å². The highest BCUT2D eigenvalue weighted by Crippen LogP contribution is 2.36. The molecule has 0 bridgehead atoms. The Morgan fingerprint density at radius 2 is 1.82 bits per heavy atom. The first-order valence-corrected chi connectivity index (χ1v) is 10.7. The Balaban J connectivity index is 1.91. The van der Waals surface area contributed by atoms with Gasteiger partial charge in [-0.2, -0.15) is 13.2 Å². The smallest absolute Gasteiger partial charge is 0.442 e. The number of halogens is 3. The van der Waals surface area contributed by atoms with Crippen LogP contribution in [0.15, 0.2) is 48.5 Å². The predicted octanol–water partition coefficient (Wildman–Crippen LogP) is 4.46. The molecule has 0 unspecified atom stereocenters. The van der Waals surface area contributed by atoms with Crippen molar-refractivity contribution in [2.75, 3.05) is 19.0 Å². The largest absolute Gasteiger partial charge is 0.484 e. The summed E-state index contributed by atoms with van der Waals surface area (Å²) in [6.07, 6.45) is -5.26. The van der Waals surface area contributed by atoms with E-state index in [-0.39, 0.29) is 16.8 Å². The van der Waals surface area contributed by atoms with Crippen LogP contribution in [0.5, 0.6) is 5.75 Å². The molecule has 1 aromatic heterocycles. The maximum absolute atomic E-state index is 14.2. The number of benzene rings is 2. The van der Waals surface area contributed by atoms with E-state index in [0.717, 1.165) is 24.0 Å². The number of nitrogens with one attached hydrogen (secondary N) is 2. The quantitative estimate of drug-likeness (QED) is 0.365. The molecule has 33 heavy (non-hydrogen) atoms. The Morgan fingerprint density at radius 3 is 2.42 bits per heavy atom. The van der Waals surface area contributed by atoms with E-state index in [1.165, 1.54) is 12.1 Å². The standard InChI is InChI=1S/C22H22F3N3O4S/c1-13(2)14-9-10-16-17(11-14)33-20(26-16)28-21(19(30)31-3,22(23,24)25)27-18(29)12-32-15-7-5-4-6-8-15/h4-11,13H,12H2,1-3H3,(H,26,28)(H,27,29)/t21-/m1/s1. The molecule has 0 radical (unpaired) electrons. The molecule has 3 rings (SSSR count). The summed E-state index contributed by atoms with van der Waals surface area (Å²) in [6.45, 7) is 3.22. The van der Waals surface area contributed by atoms with Crippen LogP contribution in [-0.2, 0) is 14.3 Å². The molecular formula is C22H22F3N3O4S. The molecule has 0 aliphatic carbocycles. The van der Waals surface area contributed by atoms with Gasteiger partial charge in [0.2, 0.25) is 0 Å². The van der Waals surface area contributed by atoms with Gasteiger partial charge in [-0.3, -0.25) is 4.79 Å². The molecule has 0 saturated carbocycles. The van der Waals surface area contributed by atoms with Gasteiger partial charge in [0.05, 0.1) is 17.3 Å². The fourth-order valence-corrected chi connectivity index (χ4v) is 3.94. The topological polar surface area (TPSA) is 89.5 Å². The Kier molecular flexibility index (Phi) is 7.11. The molecule has 176 valence electrons. The molecule has 0 aliphatic rings. The van der Waals surface area contributed by atoms with Crippen LogP contribution < -0.4 is 15.4 Å². The number of rotatable bonds is 8. The third kappa shape index (κ3) is 5.36. The van der Waals surface area contributed by atoms with Crippen molar-refractivity contribution in [2.45, 2.75) is 31.6 Å². The van der Waals surface area contributed by atoms with Crippen LogP contribution in [0.1, 0.15) is 25.3 Å². The minimum Gasteiger partial charge on any atom is -0.484 e. The Morgan fingerprint density at radius 1 is 1.12 bits per heavy atom. The third-order valence-electron chi connectivity index (χ3n) is 4.73. The van der Waals surface area contributed by atoms with Crippen molar-refractivity contribution in [3.05, 3.63) is 54.1 Å². The number of alkyl halides is 3. The average Bonchev–Trinajstić information content (AvgIpc) is 3.17. The molecule has 1 atom stereocenters. The third-order valence-corrected chi connectivity index (χ3v) is 5.66. The van der Waals surface area contributed by atoms with E-state index in [9.17, 15) is 22.8 Å². The second kappa shape index (κ2) is 9.65. The molecule has 2 aromatic carbocycles. The highest BCUT2D eigenvalue weighted by molar-refractivity contribution is 7.22. The molecule has 3 aromatic rings. The van der Waals surface area contributed by atoms with E-state index >= 15 is 0 Å². The van der Waals surface area contributed by atoms with Gasteiger partial charge in [0.15, 0.2) is 11.7 Å². The molecule has 0 fully saturated rings. The summed E-state index contributed by atoms with van der Waals surface area (Å²) in [5.74, 6) is -2.44. The number of carbonyl (C=O) groups excluding carboxylic acids is 2. The second-order valence-electron chi connectivity index (χ2n) is 7.42. The van der Waals surface area contributed by atoms with Crippen molar-refractivity contribution in [1.29, 1.82) is 0 Å². The molecular weight excluding hydrogens is 459 g/mol. The summed E-state index contributed by atoms with van der Waals surface area (Å²) in [5, 5.41) is 3.57. The number of ether oxygens (including phenoxy) is 2. The van der Waals surface area contributed by atoms with Gasteiger partial charge in [-0.05, 0) is 35.7 Å². The predicted molar refractivity (Wildman–Crippen MR) is 118 cm³/mol. The monoisotopic (exact) mass is 481 g/mol. The van der Waals surface area contributed by atoms with Crippen LogP contribution in [-0.4, -0.2) is 42.4 Å². The lowest BCUT2D eigenvalue weighted by atomic mass is 10.0. The van der Waals surface area contributed by atoms with Crippen LogP contribution in [0, 0.1) is 0 Å². The number of nitrogens with zero attached hydrogens (tertiary/aromatic N) is 1. The van der Waals surface area contributed by atoms with Crippen molar-refractivity contribution in [3.63, 3.8) is 0 Å². The van der Waals surface area contributed by atoms with Gasteiger partial charge < -0.3 is 20.1 Å². The summed E-state index contributed by atoms with van der Waals surface area (Å²) in [5.41, 5.74) is -2.13. The zero-order valence-electron chi connectivity index (χ0n) is 18.0. The first kappa shape index (κ1) is 24.3. The van der Waals surface area contributed by atoms with Crippen LogP contribution in [0.4, 0.5) is 18.3 Å². The number of aromatic nitrogens is 1. The normalized spacial score (nSPS) is 13.4. The lowest BCUT2D eigenvalue weighted by molar-refractivity contribution is -0.206. The number of thiazole rings is 1. The first-order valence-electron chi connectivity index (χ1n) is 9.88. The van der Waals surface area contributed by atoms with Crippen molar-refractivity contribution in [2.24, 2.45) is 0 Å². The zero-order chi connectivity index (χ0) is 24.2. The van der Waals surface area contributed by atoms with Gasteiger partial charge >= 0.3 is 17.8 Å². The number of hydrogen-bond donors (Lipinski definition) is 2. The van der Waals surface area contributed by atoms with Gasteiger partial charge in [-0.1, -0.05) is 49.4 Å². The maximum atomic E-state index is 14.2. The molecule has 0 saturated heterocycles. The lowest BCUT2D eigenvalue weighted by Crippen LogP contribution is -2.69. The SMILES string of the molecule is COC(=O)[C@@](NC(=O)COc1ccccc1)(Nc1nc2ccc(C(C)C)cc2s1)C(F)(F)F. The summed E-state index contributed by atoms with van der Waals surface area (Å²) >= 11 is 0.924. The summed E-state index contributed by atoms with van der Waals surface area (Å²) in [4.78, 5) is 28.9. The number of hydrogen-bond acceptors (Lipinski definition) is 7. The average molecular weight is 481 g/mol. The van der Waals surface area contributed by atoms with Gasteiger partial charge in [0.25, 0.3) is 5.91 Å². The minimum atomic E-state index is -5.26. The minimum absolute atomic E-state index is 0.209. The van der Waals surface area contributed by atoms with Gasteiger partial charge in [-0.25, -0.2) is 9.78 Å². The highest BCUT2D eigenvalue weighted by Gasteiger charge is 2.64. The van der Waals surface area contributed by atoms with Crippen molar-refractivity contribution < 1.29 is 32.2 Å². The maximum Gasteiger partial charge on any atom is 0.442 e. The fraction of sp³-hybridized carbons (Fsp3) is 0.318. The summed E-state index contributed by atoms with van der Waals surface area (Å²) in [7, 11) is 0.796. The molecule has 0 aliphatic heterocycles. The van der Waals surface area contributed by atoms with Crippen molar-refractivity contribution >= 4 is 38.6 Å². The van der Waals surface area contributed by atoms with E-state index in [0.29, 0.717) is 10.2 Å². The summed E-state index contributed by atoms with van der Waals surface area (Å²) < 4.78 is 52.8. The van der Waals surface area contributed by atoms with Gasteiger partial charge in [0, 0.05) is 0 Å². The molecule has 1 amide bonds. The number of esters is 1. The Hall–Kier alpha value is -3.34. The van der Waals surface area contributed by atoms with Crippen LogP contribution in [0.3, 0.4) is 0 Å². The van der Waals surface area contributed by atoms with E-state index in [1.807, 2.05) is 26.0 Å². The van der Waals surface area contributed by atoms with E-state index in [1.54, 1.807) is 29.6 Å². The van der Waals surface area contributed by atoms with E-state index in [4.69, 9.17) is 4.74 Å². The lowest BCUT2D eigenvalue weighted by Gasteiger charge is -2.33. The molecule has 0 spiro atoms. The zero-order valence-corrected chi connectivity index (χ0v) is 18.8. The fourth-order valence-electron chi connectivity index (χ4n) is 2.97. The van der Waals surface area contributed by atoms with Gasteiger partial charge in [0.1, 0.15) is 5.75 Å². The number of fused-ring (bicyclic) bond motifs is 1. The van der Waals surface area contributed by atoms with Crippen LogP contribution in [0.2, 0.25) is 0 Å². The van der Waals surface area contributed by atoms with Crippen LogP contribution >= 0.6 is 11.3 Å². The van der Waals surface area contributed by atoms with Gasteiger partial charge in [-0.15, -0.1) is 0 Å². The Bertz CT molecular complexity index is 1130. The molecule has 1 heterocycles. The number of amides is 1. The van der Waals surface area contributed by atoms with Crippen LogP contribution in [0.25, 0.3) is 10.2 Å².